The van der Waals surface area contributed by atoms with Crippen molar-refractivity contribution in [2.45, 2.75) is 13.3 Å². The van der Waals surface area contributed by atoms with Gasteiger partial charge in [-0.2, -0.15) is 5.11 Å². The molecule has 0 bridgehead atoms. The first kappa shape index (κ1) is 14.2. The minimum absolute atomic E-state index is 0.667. The Labute approximate surface area is 119 Å². The van der Waals surface area contributed by atoms with E-state index >= 15 is 0 Å². The van der Waals surface area contributed by atoms with E-state index in [2.05, 4.69) is 10.2 Å². The number of benzene rings is 2. The Morgan fingerprint density at radius 2 is 1.80 bits per heavy atom. The van der Waals surface area contributed by atoms with E-state index in [0.717, 1.165) is 17.7 Å². The molecule has 0 saturated heterocycles. The molecule has 2 aromatic carbocycles. The number of hydrogen-bond acceptors (Lipinski definition) is 4. The second-order valence-electron chi connectivity index (χ2n) is 4.33. The van der Waals surface area contributed by atoms with Crippen molar-refractivity contribution in [3.8, 4) is 0 Å². The molecular weight excluding hydrogens is 250 g/mol. The molecule has 0 radical (unpaired) electrons. The predicted octanol–water partition coefficient (Wildman–Crippen LogP) is 4.26. The number of nitrogens with two attached hydrogens (primary N) is 1. The van der Waals surface area contributed by atoms with Gasteiger partial charge >= 0.3 is 0 Å². The summed E-state index contributed by atoms with van der Waals surface area (Å²) in [5, 5.41) is 8.41. The molecule has 2 aromatic rings. The SMILES string of the molecule is CCOCCc1cccc(N=Nc2ccccc2)c1N. The first-order chi connectivity index (χ1) is 9.81. The summed E-state index contributed by atoms with van der Waals surface area (Å²) in [6.07, 6.45) is 0.786. The Morgan fingerprint density at radius 1 is 1.00 bits per heavy atom. The van der Waals surface area contributed by atoms with Crippen LogP contribution in [-0.4, -0.2) is 13.2 Å². The smallest absolute Gasteiger partial charge is 0.109 e. The van der Waals surface area contributed by atoms with E-state index in [1.807, 2.05) is 55.5 Å². The van der Waals surface area contributed by atoms with Crippen LogP contribution in [0.1, 0.15) is 12.5 Å². The molecule has 0 saturated carbocycles. The second-order valence-corrected chi connectivity index (χ2v) is 4.33. The number of nitrogen functional groups attached to an aromatic ring is 1. The van der Waals surface area contributed by atoms with Gasteiger partial charge in [0.15, 0.2) is 0 Å². The fourth-order valence-electron chi connectivity index (χ4n) is 1.84. The topological polar surface area (TPSA) is 60.0 Å². The van der Waals surface area contributed by atoms with Crippen LogP contribution in [-0.2, 0) is 11.2 Å². The van der Waals surface area contributed by atoms with Crippen molar-refractivity contribution in [3.63, 3.8) is 0 Å². The van der Waals surface area contributed by atoms with Crippen LogP contribution in [0.25, 0.3) is 0 Å². The molecule has 2 rings (SSSR count). The van der Waals surface area contributed by atoms with Crippen molar-refractivity contribution >= 4 is 17.1 Å². The molecule has 104 valence electrons. The highest BCUT2D eigenvalue weighted by atomic mass is 16.5. The quantitative estimate of drug-likeness (QED) is 0.484. The highest BCUT2D eigenvalue weighted by molar-refractivity contribution is 5.66. The molecule has 4 nitrogen and oxygen atoms in total. The number of anilines is 1. The minimum Gasteiger partial charge on any atom is -0.397 e. The summed E-state index contributed by atoms with van der Waals surface area (Å²) >= 11 is 0. The Bertz CT molecular complexity index is 567. The monoisotopic (exact) mass is 269 g/mol. The lowest BCUT2D eigenvalue weighted by atomic mass is 10.1. The standard InChI is InChI=1S/C16H19N3O/c1-2-20-12-11-13-7-6-10-15(16(13)17)19-18-14-8-4-3-5-9-14/h3-10H,2,11-12,17H2,1H3. The molecule has 0 fully saturated rings. The van der Waals surface area contributed by atoms with E-state index in [4.69, 9.17) is 10.5 Å². The van der Waals surface area contributed by atoms with Gasteiger partial charge in [-0.15, -0.1) is 5.11 Å². The van der Waals surface area contributed by atoms with E-state index in [1.165, 1.54) is 0 Å². The zero-order valence-electron chi connectivity index (χ0n) is 11.6. The fraction of sp³-hybridized carbons (Fsp3) is 0.250. The molecule has 0 unspecified atom stereocenters. The van der Waals surface area contributed by atoms with E-state index < -0.39 is 0 Å². The van der Waals surface area contributed by atoms with E-state index in [1.54, 1.807) is 0 Å². The predicted molar refractivity (Wildman–Crippen MR) is 81.7 cm³/mol. The molecule has 0 aliphatic carbocycles. The van der Waals surface area contributed by atoms with Crippen LogP contribution in [0, 0.1) is 0 Å². The molecule has 0 spiro atoms. The normalized spacial score (nSPS) is 11.1. The molecule has 0 heterocycles. The zero-order valence-corrected chi connectivity index (χ0v) is 11.6. The van der Waals surface area contributed by atoms with Gasteiger partial charge < -0.3 is 10.5 Å². The van der Waals surface area contributed by atoms with Gasteiger partial charge in [0.2, 0.25) is 0 Å². The van der Waals surface area contributed by atoms with Crippen molar-refractivity contribution < 1.29 is 4.74 Å². The summed E-state index contributed by atoms with van der Waals surface area (Å²) in [6.45, 7) is 3.36. The van der Waals surface area contributed by atoms with Crippen molar-refractivity contribution in [2.24, 2.45) is 10.2 Å². The highest BCUT2D eigenvalue weighted by Crippen LogP contribution is 2.27. The average molecular weight is 269 g/mol. The van der Waals surface area contributed by atoms with Crippen molar-refractivity contribution in [2.75, 3.05) is 18.9 Å². The van der Waals surface area contributed by atoms with Gasteiger partial charge in [0.05, 0.1) is 18.0 Å². The van der Waals surface area contributed by atoms with Crippen LogP contribution >= 0.6 is 0 Å². The Hall–Kier alpha value is -2.20. The molecule has 2 N–H and O–H groups in total. The number of para-hydroxylation sites is 1. The molecular formula is C16H19N3O. The summed E-state index contributed by atoms with van der Waals surface area (Å²) < 4.78 is 5.35. The number of nitrogens with zero attached hydrogens (tertiary/aromatic N) is 2. The van der Waals surface area contributed by atoms with E-state index in [0.29, 0.717) is 24.6 Å². The zero-order chi connectivity index (χ0) is 14.2. The molecule has 4 heteroatoms. The first-order valence-corrected chi connectivity index (χ1v) is 6.73. The lowest BCUT2D eigenvalue weighted by Crippen LogP contribution is -2.01. The third kappa shape index (κ3) is 3.90. The maximum Gasteiger partial charge on any atom is 0.109 e. The lowest BCUT2D eigenvalue weighted by Gasteiger charge is -2.07. The average Bonchev–Trinajstić information content (AvgIpc) is 2.49. The summed E-state index contributed by atoms with van der Waals surface area (Å²) in [7, 11) is 0. The molecule has 0 aromatic heterocycles. The van der Waals surface area contributed by atoms with Crippen LogP contribution in [0.3, 0.4) is 0 Å². The largest absolute Gasteiger partial charge is 0.397 e. The van der Waals surface area contributed by atoms with Crippen molar-refractivity contribution in [1.29, 1.82) is 0 Å². The molecule has 0 aliphatic heterocycles. The van der Waals surface area contributed by atoms with E-state index in [9.17, 15) is 0 Å². The minimum atomic E-state index is 0.667. The summed E-state index contributed by atoms with van der Waals surface area (Å²) in [5.74, 6) is 0. The maximum atomic E-state index is 6.12. The van der Waals surface area contributed by atoms with Crippen LogP contribution < -0.4 is 5.73 Å². The molecule has 20 heavy (non-hydrogen) atoms. The van der Waals surface area contributed by atoms with Gasteiger partial charge in [0, 0.05) is 6.61 Å². The van der Waals surface area contributed by atoms with E-state index in [-0.39, 0.29) is 0 Å². The summed E-state index contributed by atoms with van der Waals surface area (Å²) in [4.78, 5) is 0. The van der Waals surface area contributed by atoms with Crippen LogP contribution in [0.2, 0.25) is 0 Å². The number of ether oxygens (including phenoxy) is 1. The second kappa shape index (κ2) is 7.40. The maximum absolute atomic E-state index is 6.12. The third-order valence-electron chi connectivity index (χ3n) is 2.92. The van der Waals surface area contributed by atoms with Crippen LogP contribution in [0.4, 0.5) is 17.1 Å². The fourth-order valence-corrected chi connectivity index (χ4v) is 1.84. The number of hydrogen-bond donors (Lipinski definition) is 1. The number of rotatable bonds is 6. The molecule has 0 aliphatic rings. The van der Waals surface area contributed by atoms with Gasteiger partial charge in [-0.1, -0.05) is 30.3 Å². The first-order valence-electron chi connectivity index (χ1n) is 6.73. The summed E-state index contributed by atoms with van der Waals surface area (Å²) in [5.41, 5.74) is 9.35. The third-order valence-corrected chi connectivity index (χ3v) is 2.92. The Kier molecular flexibility index (Phi) is 5.26. The number of azo groups is 1. The van der Waals surface area contributed by atoms with Crippen LogP contribution in [0.5, 0.6) is 0 Å². The molecule has 0 amide bonds. The van der Waals surface area contributed by atoms with Gasteiger partial charge in [-0.25, -0.2) is 0 Å². The van der Waals surface area contributed by atoms with Crippen molar-refractivity contribution in [1.82, 2.24) is 0 Å². The Morgan fingerprint density at radius 3 is 2.55 bits per heavy atom. The van der Waals surface area contributed by atoms with Gasteiger partial charge in [0.1, 0.15) is 5.69 Å². The van der Waals surface area contributed by atoms with Gasteiger partial charge in [-0.05, 0) is 37.1 Å². The molecule has 0 atom stereocenters. The van der Waals surface area contributed by atoms with Gasteiger partial charge in [0.25, 0.3) is 0 Å². The Balaban J connectivity index is 2.12. The van der Waals surface area contributed by atoms with Crippen LogP contribution in [0.15, 0.2) is 58.8 Å². The van der Waals surface area contributed by atoms with Gasteiger partial charge in [-0.3, -0.25) is 0 Å². The summed E-state index contributed by atoms with van der Waals surface area (Å²) in [6, 6.07) is 15.4. The van der Waals surface area contributed by atoms with Crippen molar-refractivity contribution in [3.05, 3.63) is 54.1 Å². The lowest BCUT2D eigenvalue weighted by molar-refractivity contribution is 0.151. The highest BCUT2D eigenvalue weighted by Gasteiger charge is 2.04.